The molecular weight excluding hydrogens is 426 g/mol. The lowest BCUT2D eigenvalue weighted by Crippen LogP contribution is -2.50. The fourth-order valence-corrected chi connectivity index (χ4v) is 2.53. The summed E-state index contributed by atoms with van der Waals surface area (Å²) in [6.45, 7) is 5.90. The van der Waals surface area contributed by atoms with Crippen molar-refractivity contribution in [3.63, 3.8) is 0 Å². The van der Waals surface area contributed by atoms with Gasteiger partial charge in [0.2, 0.25) is 0 Å². The number of carbonyl (C=O) groups excluding carboxylic acids is 2. The summed E-state index contributed by atoms with van der Waals surface area (Å²) in [6, 6.07) is 14.1. The Morgan fingerprint density at radius 3 is 1.90 bits per heavy atom. The van der Waals surface area contributed by atoms with E-state index >= 15 is 0 Å². The molecule has 9 heteroatoms. The van der Waals surface area contributed by atoms with Crippen LogP contribution < -0.4 is 25.6 Å². The van der Waals surface area contributed by atoms with Gasteiger partial charge in [-0.15, -0.1) is 0 Å². The fourth-order valence-electron chi connectivity index (χ4n) is 2.24. The minimum Gasteiger partial charge on any atom is -0.484 e. The lowest BCUT2D eigenvalue weighted by molar-refractivity contribution is -0.124. The van der Waals surface area contributed by atoms with Gasteiger partial charge in [0, 0.05) is 5.02 Å². The van der Waals surface area contributed by atoms with E-state index in [2.05, 4.69) is 36.9 Å². The number of hydrogen-bond acceptors (Lipinski definition) is 5. The highest BCUT2D eigenvalue weighted by molar-refractivity contribution is 7.80. The zero-order valence-electron chi connectivity index (χ0n) is 17.0. The van der Waals surface area contributed by atoms with Crippen LogP contribution in [-0.4, -0.2) is 30.1 Å². The molecule has 2 amide bonds. The molecule has 0 aliphatic carbocycles. The molecule has 3 N–H and O–H groups in total. The van der Waals surface area contributed by atoms with Gasteiger partial charge >= 0.3 is 0 Å². The van der Waals surface area contributed by atoms with Crippen LogP contribution in [0.25, 0.3) is 0 Å². The summed E-state index contributed by atoms with van der Waals surface area (Å²) in [6.07, 6.45) is 0. The predicted octanol–water partition coefficient (Wildman–Crippen LogP) is 3.12. The van der Waals surface area contributed by atoms with Gasteiger partial charge in [0.05, 0.1) is 0 Å². The minimum absolute atomic E-state index is 0.0397. The largest absolute Gasteiger partial charge is 0.484 e. The zero-order chi connectivity index (χ0) is 22.1. The molecule has 0 atom stereocenters. The third-order valence-electron chi connectivity index (χ3n) is 3.84. The maximum Gasteiger partial charge on any atom is 0.276 e. The molecule has 2 aromatic carbocycles. The van der Waals surface area contributed by atoms with Crippen molar-refractivity contribution >= 4 is 40.7 Å². The molecule has 0 fully saturated rings. The second-order valence-electron chi connectivity index (χ2n) is 7.36. The first-order valence-electron chi connectivity index (χ1n) is 9.14. The predicted molar refractivity (Wildman–Crippen MR) is 120 cm³/mol. The maximum atomic E-state index is 11.9. The van der Waals surface area contributed by atoms with E-state index < -0.39 is 11.8 Å². The van der Waals surface area contributed by atoms with Crippen LogP contribution in [0.15, 0.2) is 48.5 Å². The molecule has 2 rings (SSSR count). The first kappa shape index (κ1) is 23.4. The average molecular weight is 450 g/mol. The standard InChI is InChI=1S/C21H24ClN3O4S/c1-21(2,3)14-4-8-16(9-5-14)28-12-18(26)23-20(30)25-24-19(27)13-29-17-10-6-15(22)7-11-17/h4-11H,12-13H2,1-3H3,(H,24,27)(H2,23,25,26,30). The molecule has 2 aromatic rings. The molecule has 0 heterocycles. The summed E-state index contributed by atoms with van der Waals surface area (Å²) in [5.74, 6) is 0.138. The third-order valence-corrected chi connectivity index (χ3v) is 4.30. The molecule has 0 bridgehead atoms. The second-order valence-corrected chi connectivity index (χ2v) is 8.20. The van der Waals surface area contributed by atoms with Crippen LogP contribution in [0, 0.1) is 0 Å². The Labute approximate surface area is 186 Å². The highest BCUT2D eigenvalue weighted by atomic mass is 35.5. The van der Waals surface area contributed by atoms with Crippen LogP contribution in [0.5, 0.6) is 11.5 Å². The minimum atomic E-state index is -0.475. The van der Waals surface area contributed by atoms with E-state index in [0.717, 1.165) is 0 Å². The van der Waals surface area contributed by atoms with Crippen LogP contribution in [0.3, 0.4) is 0 Å². The molecule has 0 radical (unpaired) electrons. The molecule has 0 saturated heterocycles. The maximum absolute atomic E-state index is 11.9. The quantitative estimate of drug-likeness (QED) is 0.464. The number of amides is 2. The van der Waals surface area contributed by atoms with E-state index in [1.54, 1.807) is 24.3 Å². The van der Waals surface area contributed by atoms with Crippen LogP contribution in [0.2, 0.25) is 5.02 Å². The number of benzene rings is 2. The Morgan fingerprint density at radius 1 is 0.867 bits per heavy atom. The zero-order valence-corrected chi connectivity index (χ0v) is 18.5. The van der Waals surface area contributed by atoms with Gasteiger partial charge in [0.15, 0.2) is 18.3 Å². The number of carbonyl (C=O) groups is 2. The number of hydrazine groups is 1. The van der Waals surface area contributed by atoms with Crippen molar-refractivity contribution in [2.45, 2.75) is 26.2 Å². The first-order chi connectivity index (χ1) is 14.1. The molecule has 160 valence electrons. The summed E-state index contributed by atoms with van der Waals surface area (Å²) >= 11 is 10.7. The van der Waals surface area contributed by atoms with E-state index in [-0.39, 0.29) is 23.7 Å². The van der Waals surface area contributed by atoms with E-state index in [9.17, 15) is 9.59 Å². The molecule has 0 spiro atoms. The molecule has 0 saturated carbocycles. The molecule has 0 aliphatic rings. The van der Waals surface area contributed by atoms with Gasteiger partial charge in [-0.05, 0) is 59.6 Å². The summed E-state index contributed by atoms with van der Waals surface area (Å²) in [7, 11) is 0. The summed E-state index contributed by atoms with van der Waals surface area (Å²) in [4.78, 5) is 23.7. The van der Waals surface area contributed by atoms with Gasteiger partial charge < -0.3 is 9.47 Å². The van der Waals surface area contributed by atoms with Crippen molar-refractivity contribution in [3.8, 4) is 11.5 Å². The van der Waals surface area contributed by atoms with Crippen molar-refractivity contribution < 1.29 is 19.1 Å². The normalized spacial score (nSPS) is 10.7. The monoisotopic (exact) mass is 449 g/mol. The van der Waals surface area contributed by atoms with Gasteiger partial charge in [-0.1, -0.05) is 44.5 Å². The number of nitrogens with one attached hydrogen (secondary N) is 3. The lowest BCUT2D eigenvalue weighted by Gasteiger charge is -2.19. The molecule has 0 unspecified atom stereocenters. The Bertz CT molecular complexity index is 881. The van der Waals surface area contributed by atoms with Gasteiger partial charge in [-0.3, -0.25) is 25.8 Å². The Balaban J connectivity index is 1.65. The molecule has 0 aliphatic heterocycles. The number of thiocarbonyl (C=S) groups is 1. The fraction of sp³-hybridized carbons (Fsp3) is 0.286. The van der Waals surface area contributed by atoms with Gasteiger partial charge in [0.1, 0.15) is 11.5 Å². The van der Waals surface area contributed by atoms with Crippen LogP contribution >= 0.6 is 23.8 Å². The van der Waals surface area contributed by atoms with Crippen molar-refractivity contribution in [1.82, 2.24) is 16.2 Å². The highest BCUT2D eigenvalue weighted by Gasteiger charge is 2.13. The van der Waals surface area contributed by atoms with Crippen molar-refractivity contribution in [1.29, 1.82) is 0 Å². The molecular formula is C21H24ClN3O4S. The number of ether oxygens (including phenoxy) is 2. The van der Waals surface area contributed by atoms with Crippen molar-refractivity contribution in [2.75, 3.05) is 13.2 Å². The molecule has 30 heavy (non-hydrogen) atoms. The Morgan fingerprint density at radius 2 is 1.37 bits per heavy atom. The number of halogens is 1. The van der Waals surface area contributed by atoms with Crippen LogP contribution in [-0.2, 0) is 15.0 Å². The van der Waals surface area contributed by atoms with Gasteiger partial charge in [-0.2, -0.15) is 0 Å². The topological polar surface area (TPSA) is 88.7 Å². The smallest absolute Gasteiger partial charge is 0.276 e. The second kappa shape index (κ2) is 10.8. The van der Waals surface area contributed by atoms with Gasteiger partial charge in [0.25, 0.3) is 11.8 Å². The Kier molecular flexibility index (Phi) is 8.44. The van der Waals surface area contributed by atoms with Crippen molar-refractivity contribution in [3.05, 3.63) is 59.1 Å². The van der Waals surface area contributed by atoms with Gasteiger partial charge in [-0.25, -0.2) is 0 Å². The summed E-state index contributed by atoms with van der Waals surface area (Å²) in [5.41, 5.74) is 5.96. The number of rotatable bonds is 6. The van der Waals surface area contributed by atoms with E-state index in [1.165, 1.54) is 5.56 Å². The summed E-state index contributed by atoms with van der Waals surface area (Å²) in [5, 5.41) is 2.91. The average Bonchev–Trinajstić information content (AvgIpc) is 2.70. The van der Waals surface area contributed by atoms with Crippen LogP contribution in [0.4, 0.5) is 0 Å². The lowest BCUT2D eigenvalue weighted by atomic mass is 9.87. The van der Waals surface area contributed by atoms with E-state index in [0.29, 0.717) is 16.5 Å². The highest BCUT2D eigenvalue weighted by Crippen LogP contribution is 2.24. The van der Waals surface area contributed by atoms with E-state index in [1.807, 2.05) is 24.3 Å². The Hall–Kier alpha value is -2.84. The molecule has 7 nitrogen and oxygen atoms in total. The van der Waals surface area contributed by atoms with Crippen molar-refractivity contribution in [2.24, 2.45) is 0 Å². The first-order valence-corrected chi connectivity index (χ1v) is 9.92. The number of hydrogen-bond donors (Lipinski definition) is 3. The SMILES string of the molecule is CC(C)(C)c1ccc(OCC(=O)NC(=S)NNC(=O)COc2ccc(Cl)cc2)cc1. The summed E-state index contributed by atoms with van der Waals surface area (Å²) < 4.78 is 10.7. The van der Waals surface area contributed by atoms with Crippen LogP contribution in [0.1, 0.15) is 26.3 Å². The molecule has 0 aromatic heterocycles. The van der Waals surface area contributed by atoms with E-state index in [4.69, 9.17) is 33.3 Å². The third kappa shape index (κ3) is 8.26.